The Morgan fingerprint density at radius 1 is 0.786 bits per heavy atom. The maximum absolute atomic E-state index is 12.6. The average Bonchev–Trinajstić information content (AvgIpc) is 2.81. The van der Waals surface area contributed by atoms with E-state index in [0.717, 1.165) is 0 Å². The molecular formula is C17H38N3O7P. The lowest BCUT2D eigenvalue weighted by Crippen LogP contribution is -2.47. The Balaban J connectivity index is 2.97. The molecule has 0 spiro atoms. The number of rotatable bonds is 12. The SMILES string of the molecule is COP(=O)(CN1CCN(C(CO)CCO)CCN(C(CO)CCO)CC1)OC. The van der Waals surface area contributed by atoms with Crippen LogP contribution in [0.2, 0.25) is 0 Å². The zero-order chi connectivity index (χ0) is 21.0. The van der Waals surface area contributed by atoms with Crippen molar-refractivity contribution in [1.29, 1.82) is 0 Å². The van der Waals surface area contributed by atoms with Gasteiger partial charge in [0.25, 0.3) is 0 Å². The summed E-state index contributed by atoms with van der Waals surface area (Å²) in [5, 5.41) is 38.1. The van der Waals surface area contributed by atoms with Crippen LogP contribution in [-0.2, 0) is 13.6 Å². The Bertz CT molecular complexity index is 426. The highest BCUT2D eigenvalue weighted by atomic mass is 31.2. The molecule has 11 heteroatoms. The fourth-order valence-electron chi connectivity index (χ4n) is 3.52. The van der Waals surface area contributed by atoms with E-state index in [4.69, 9.17) is 9.05 Å². The van der Waals surface area contributed by atoms with Crippen molar-refractivity contribution in [3.8, 4) is 0 Å². The molecule has 168 valence electrons. The van der Waals surface area contributed by atoms with Crippen LogP contribution < -0.4 is 0 Å². The zero-order valence-electron chi connectivity index (χ0n) is 17.1. The van der Waals surface area contributed by atoms with Crippen LogP contribution in [0.25, 0.3) is 0 Å². The second-order valence-corrected chi connectivity index (χ2v) is 9.24. The molecule has 0 amide bonds. The Labute approximate surface area is 168 Å². The van der Waals surface area contributed by atoms with E-state index >= 15 is 0 Å². The molecule has 1 rings (SSSR count). The van der Waals surface area contributed by atoms with Crippen molar-refractivity contribution in [2.75, 3.05) is 86.2 Å². The fourth-order valence-corrected chi connectivity index (χ4v) is 4.67. The third-order valence-electron chi connectivity index (χ3n) is 5.39. The summed E-state index contributed by atoms with van der Waals surface area (Å²) in [5.41, 5.74) is 0. The van der Waals surface area contributed by atoms with Crippen LogP contribution in [0.1, 0.15) is 12.8 Å². The first-order valence-corrected chi connectivity index (χ1v) is 11.5. The molecular weight excluding hydrogens is 389 g/mol. The Morgan fingerprint density at radius 2 is 1.18 bits per heavy atom. The highest BCUT2D eigenvalue weighted by Gasteiger charge is 2.29. The second-order valence-electron chi connectivity index (χ2n) is 7.00. The molecule has 1 fully saturated rings. The lowest BCUT2D eigenvalue weighted by atomic mass is 10.1. The van der Waals surface area contributed by atoms with Crippen molar-refractivity contribution in [3.63, 3.8) is 0 Å². The highest BCUT2D eigenvalue weighted by Crippen LogP contribution is 2.46. The molecule has 4 N–H and O–H groups in total. The number of hydrogen-bond donors (Lipinski definition) is 4. The first-order chi connectivity index (χ1) is 13.5. The van der Waals surface area contributed by atoms with Gasteiger partial charge in [-0.05, 0) is 12.8 Å². The first-order valence-electron chi connectivity index (χ1n) is 9.81. The highest BCUT2D eigenvalue weighted by molar-refractivity contribution is 7.53. The molecule has 10 nitrogen and oxygen atoms in total. The minimum atomic E-state index is -3.21. The fraction of sp³-hybridized carbons (Fsp3) is 1.00. The van der Waals surface area contributed by atoms with E-state index in [2.05, 4.69) is 9.80 Å². The van der Waals surface area contributed by atoms with Crippen LogP contribution in [0.4, 0.5) is 0 Å². The standard InChI is InChI=1S/C17H38N3O7P/c1-26-28(25,27-2)15-18-5-7-19(16(13-23)3-11-21)9-10-20(8-6-18)17(14-24)4-12-22/h16-17,21-24H,3-15H2,1-2H3. The molecule has 0 aliphatic carbocycles. The van der Waals surface area contributed by atoms with E-state index in [1.54, 1.807) is 0 Å². The summed E-state index contributed by atoms with van der Waals surface area (Å²) in [6, 6.07) is -0.345. The van der Waals surface area contributed by atoms with E-state index in [-0.39, 0.29) is 44.8 Å². The van der Waals surface area contributed by atoms with Crippen LogP contribution >= 0.6 is 7.60 Å². The predicted octanol–water partition coefficient (Wildman–Crippen LogP) is -1.16. The largest absolute Gasteiger partial charge is 0.396 e. The summed E-state index contributed by atoms with van der Waals surface area (Å²) < 4.78 is 22.8. The monoisotopic (exact) mass is 427 g/mol. The Kier molecular flexibility index (Phi) is 12.9. The van der Waals surface area contributed by atoms with Crippen LogP contribution in [0.5, 0.6) is 0 Å². The quantitative estimate of drug-likeness (QED) is 0.283. The third-order valence-corrected chi connectivity index (χ3v) is 7.25. The van der Waals surface area contributed by atoms with Gasteiger partial charge in [0, 0.05) is 78.8 Å². The van der Waals surface area contributed by atoms with Crippen LogP contribution in [0.3, 0.4) is 0 Å². The molecule has 0 aromatic heterocycles. The number of aliphatic hydroxyl groups is 4. The summed E-state index contributed by atoms with van der Waals surface area (Å²) in [6.07, 6.45) is 1.08. The molecule has 0 aromatic rings. The lowest BCUT2D eigenvalue weighted by Gasteiger charge is -2.34. The maximum atomic E-state index is 12.6. The maximum Gasteiger partial charge on any atom is 0.344 e. The second kappa shape index (κ2) is 14.0. The van der Waals surface area contributed by atoms with E-state index in [1.807, 2.05) is 4.90 Å². The van der Waals surface area contributed by atoms with Gasteiger partial charge in [-0.3, -0.25) is 19.3 Å². The first kappa shape index (κ1) is 25.9. The molecule has 0 bridgehead atoms. The molecule has 0 radical (unpaired) electrons. The summed E-state index contributed by atoms with van der Waals surface area (Å²) >= 11 is 0. The molecule has 1 aliphatic rings. The van der Waals surface area contributed by atoms with Gasteiger partial charge in [0.1, 0.15) is 6.29 Å². The molecule has 2 atom stereocenters. The van der Waals surface area contributed by atoms with Gasteiger partial charge in [-0.2, -0.15) is 0 Å². The molecule has 2 unspecified atom stereocenters. The van der Waals surface area contributed by atoms with Gasteiger partial charge in [0.2, 0.25) is 0 Å². The molecule has 0 saturated carbocycles. The minimum absolute atomic E-state index is 0.0124. The summed E-state index contributed by atoms with van der Waals surface area (Å²) in [6.45, 7) is 3.66. The van der Waals surface area contributed by atoms with Crippen LogP contribution in [0, 0.1) is 0 Å². The van der Waals surface area contributed by atoms with Crippen LogP contribution in [0.15, 0.2) is 0 Å². The average molecular weight is 427 g/mol. The van der Waals surface area contributed by atoms with Crippen molar-refractivity contribution in [2.24, 2.45) is 0 Å². The van der Waals surface area contributed by atoms with Crippen LogP contribution in [-0.4, -0.2) is 133 Å². The smallest absolute Gasteiger partial charge is 0.344 e. The van der Waals surface area contributed by atoms with E-state index in [9.17, 15) is 25.0 Å². The van der Waals surface area contributed by atoms with E-state index < -0.39 is 7.60 Å². The van der Waals surface area contributed by atoms with Gasteiger partial charge in [0.05, 0.1) is 13.2 Å². The molecule has 0 aromatic carbocycles. The van der Waals surface area contributed by atoms with Gasteiger partial charge < -0.3 is 29.5 Å². The van der Waals surface area contributed by atoms with Crippen molar-refractivity contribution in [2.45, 2.75) is 24.9 Å². The predicted molar refractivity (Wildman–Crippen MR) is 106 cm³/mol. The third kappa shape index (κ3) is 8.31. The molecule has 28 heavy (non-hydrogen) atoms. The van der Waals surface area contributed by atoms with Gasteiger partial charge in [-0.15, -0.1) is 0 Å². The van der Waals surface area contributed by atoms with Gasteiger partial charge in [-0.25, -0.2) is 0 Å². The van der Waals surface area contributed by atoms with E-state index in [0.29, 0.717) is 52.1 Å². The number of hydrogen-bond acceptors (Lipinski definition) is 10. The zero-order valence-corrected chi connectivity index (χ0v) is 18.0. The van der Waals surface area contributed by atoms with Crippen molar-refractivity contribution in [1.82, 2.24) is 14.7 Å². The Morgan fingerprint density at radius 3 is 1.50 bits per heavy atom. The van der Waals surface area contributed by atoms with Gasteiger partial charge in [0.15, 0.2) is 0 Å². The van der Waals surface area contributed by atoms with Gasteiger partial charge in [-0.1, -0.05) is 0 Å². The normalized spacial score (nSPS) is 21.1. The number of nitrogens with zero attached hydrogens (tertiary/aromatic N) is 3. The molecule has 1 saturated heterocycles. The van der Waals surface area contributed by atoms with Crippen molar-refractivity contribution < 1.29 is 34.0 Å². The molecule has 1 heterocycles. The molecule has 1 aliphatic heterocycles. The topological polar surface area (TPSA) is 126 Å². The minimum Gasteiger partial charge on any atom is -0.396 e. The summed E-state index contributed by atoms with van der Waals surface area (Å²) in [5.74, 6) is 0. The van der Waals surface area contributed by atoms with Gasteiger partial charge >= 0.3 is 7.60 Å². The Hall–Kier alpha value is -0.130. The summed E-state index contributed by atoms with van der Waals surface area (Å²) in [4.78, 5) is 6.22. The lowest BCUT2D eigenvalue weighted by molar-refractivity contribution is 0.0688. The van der Waals surface area contributed by atoms with Crippen molar-refractivity contribution >= 4 is 7.60 Å². The number of aliphatic hydroxyl groups excluding tert-OH is 4. The van der Waals surface area contributed by atoms with Crippen molar-refractivity contribution in [3.05, 3.63) is 0 Å². The van der Waals surface area contributed by atoms with E-state index in [1.165, 1.54) is 14.2 Å². The summed E-state index contributed by atoms with van der Waals surface area (Å²) in [7, 11) is -0.481.